The van der Waals surface area contributed by atoms with Gasteiger partial charge < -0.3 is 117 Å². The molecule has 41 heteroatoms. The summed E-state index contributed by atoms with van der Waals surface area (Å²) in [6, 6.07) is -6.52. The van der Waals surface area contributed by atoms with E-state index in [-0.39, 0.29) is 57.9 Å². The molecule has 3 rings (SSSR count). The van der Waals surface area contributed by atoms with Crippen LogP contribution in [0.4, 0.5) is 0 Å². The van der Waals surface area contributed by atoms with Crippen LogP contribution in [-0.4, -0.2) is 234 Å². The normalized spacial score (nSPS) is 14.8. The first-order chi connectivity index (χ1) is 56.3. The molecule has 0 unspecified atom stereocenters. The van der Waals surface area contributed by atoms with E-state index in [1.807, 2.05) is 0 Å². The van der Waals surface area contributed by atoms with Crippen LogP contribution in [0.5, 0.6) is 0 Å². The Morgan fingerprint density at radius 1 is 0.358 bits per heavy atom. The summed E-state index contributed by atoms with van der Waals surface area (Å²) >= 11 is 0. The maximum Gasteiger partial charge on any atom is 0.305 e. The number of aromatic nitrogens is 1. The number of carboxylic acids is 4. The van der Waals surface area contributed by atoms with Gasteiger partial charge in [-0.25, -0.2) is 0 Å². The first-order valence-corrected chi connectivity index (χ1v) is 39.6. The number of unbranched alkanes of at least 4 members (excludes halogenated alkanes) is 1. The lowest BCUT2D eigenvalue weighted by atomic mass is 9.99. The third-order valence-electron chi connectivity index (χ3n) is 18.6. The lowest BCUT2D eigenvalue weighted by Crippen LogP contribution is -2.62. The fourth-order valence-corrected chi connectivity index (χ4v) is 12.7. The van der Waals surface area contributed by atoms with Crippen molar-refractivity contribution in [3.63, 3.8) is 0 Å². The van der Waals surface area contributed by atoms with Crippen LogP contribution < -0.4 is 86.3 Å². The second-order valence-corrected chi connectivity index (χ2v) is 31.2. The molecule has 14 atom stereocenters. The van der Waals surface area contributed by atoms with Crippen LogP contribution in [0, 0.1) is 23.7 Å². The number of carbonyl (C=O) groups is 19. The Balaban J connectivity index is 2.07. The Morgan fingerprint density at radius 3 is 1.07 bits per heavy atom. The number of nitrogens with two attached hydrogens (primary N) is 3. The molecule has 0 radical (unpaired) electrons. The minimum atomic E-state index is -1.99. The average molecular weight is 1690 g/mol. The number of carboxylic acid groups (broad SMARTS) is 4. The summed E-state index contributed by atoms with van der Waals surface area (Å²) in [7, 11) is 0. The highest BCUT2D eigenvalue weighted by Gasteiger charge is 2.40. The predicted molar refractivity (Wildman–Crippen MR) is 431 cm³/mol. The number of aromatic amines is 1. The van der Waals surface area contributed by atoms with Gasteiger partial charge in [-0.2, -0.15) is 0 Å². The maximum absolute atomic E-state index is 15.2. The van der Waals surface area contributed by atoms with E-state index >= 15 is 9.59 Å². The molecule has 0 saturated heterocycles. The Bertz CT molecular complexity index is 4060. The van der Waals surface area contributed by atoms with Crippen molar-refractivity contribution in [2.75, 3.05) is 6.54 Å². The summed E-state index contributed by atoms with van der Waals surface area (Å²) in [4.78, 5) is 260. The lowest BCUT2D eigenvalue weighted by molar-refractivity contribution is -0.142. The molecule has 0 aliphatic heterocycles. The van der Waals surface area contributed by atoms with Crippen molar-refractivity contribution in [3.8, 4) is 0 Å². The highest BCUT2D eigenvalue weighted by Crippen LogP contribution is 2.21. The zero-order valence-corrected chi connectivity index (χ0v) is 69.1. The van der Waals surface area contributed by atoms with Gasteiger partial charge in [0.25, 0.3) is 0 Å². The summed E-state index contributed by atoms with van der Waals surface area (Å²) in [6.45, 7) is 15.7. The number of amides is 15. The Kier molecular flexibility index (Phi) is 43.6. The number of H-pyrrole nitrogens is 1. The molecule has 0 fully saturated rings. The summed E-state index contributed by atoms with van der Waals surface area (Å²) < 4.78 is 0. The number of hydrogen-bond donors (Lipinski definition) is 22. The van der Waals surface area contributed by atoms with Crippen molar-refractivity contribution >= 4 is 123 Å². The maximum atomic E-state index is 15.2. The van der Waals surface area contributed by atoms with Crippen molar-refractivity contribution in [2.45, 2.75) is 263 Å². The fourth-order valence-electron chi connectivity index (χ4n) is 12.7. The van der Waals surface area contributed by atoms with E-state index in [1.165, 1.54) is 0 Å². The topological polar surface area (TPSA) is 676 Å². The van der Waals surface area contributed by atoms with E-state index in [9.17, 15) is 107 Å². The summed E-state index contributed by atoms with van der Waals surface area (Å²) in [5, 5.41) is 82.3. The van der Waals surface area contributed by atoms with Gasteiger partial charge in [0.15, 0.2) is 0 Å². The molecule has 15 amide bonds. The summed E-state index contributed by atoms with van der Waals surface area (Å²) in [6.07, 6.45) is -6.54. The van der Waals surface area contributed by atoms with Crippen LogP contribution >= 0.6 is 0 Å². The number of aliphatic carboxylic acids is 4. The first-order valence-electron chi connectivity index (χ1n) is 39.6. The molecule has 0 aliphatic carbocycles. The molecule has 0 bridgehead atoms. The van der Waals surface area contributed by atoms with Crippen molar-refractivity contribution < 1.29 is 117 Å². The number of aliphatic hydroxyl groups is 1. The van der Waals surface area contributed by atoms with Crippen molar-refractivity contribution in [3.05, 3.63) is 71.9 Å². The fraction of sp³-hybridized carbons (Fsp3) is 0.582. The second-order valence-electron chi connectivity index (χ2n) is 31.2. The molecule has 0 spiro atoms. The SMILES string of the molecule is CC(=O)N[C@@H](CCC(=O)O)C(=O)N[C@H](C(=O)N[C@@H](Cc1ccccc1)C(=O)N[C@@H](CC(C)C)C(=O)N[C@@H](CC(=O)O)C(=O)N[C@@H](CC(C)C)C(=O)N[C@@H](Cc1c[nH]c2ccccc12)C(=O)N[C@@H](CCCCN)C(=O)N[C@@H](CC(C)C)C(=O)N[C@@H](CCC(=O)O)C(=O)N[C@@H](CC(C)C)C(=O)N[C@@H](CCC(=O)O)C(=O)N[C@@H](CC(N)=O)C(N)=O)[C@@H](C)O. The van der Waals surface area contributed by atoms with E-state index < -0.39 is 272 Å². The zero-order valence-electron chi connectivity index (χ0n) is 69.1. The lowest BCUT2D eigenvalue weighted by Gasteiger charge is -2.29. The standard InChI is InChI=1S/C79H119N17O24/c1-39(2)30-54(72(113)87-52(25-28-64(104)105)70(111)90-55(31-40(3)4)73(114)86-51(24-27-63(102)103)69(110)88-53(67(82)108)36-61(81)99)89-68(109)49(22-16-17-29-80)85-77(118)59(35-46-38-83-48-21-15-14-20-47(46)48)93-74(115)56(32-41(5)6)92-78(119)60(37-65(106)107)94-75(116)57(33-42(7)8)91-76(117)58(34-45-18-12-11-13-19-45)95-79(120)66(43(9)97)96-71(112)50(84-44(10)98)23-26-62(100)101/h11-15,18-21,38-43,49-60,66,83,97H,16-17,22-37,80H2,1-10H3,(H2,81,99)(H2,82,108)(H,84,98)(H,85,118)(H,86,114)(H,87,113)(H,88,110)(H,89,109)(H,90,111)(H,91,117)(H,92,119)(H,93,115)(H,94,116)(H,95,120)(H,96,112)(H,100,101)(H,102,103)(H,104,105)(H,106,107)/t43-,49+,50+,51+,52+,53+,54+,55+,56+,57+,58+,59+,60+,66+/m1/s1. The summed E-state index contributed by atoms with van der Waals surface area (Å²) in [5.41, 5.74) is 18.0. The monoisotopic (exact) mass is 1690 g/mol. The number of benzene rings is 2. The Hall–Kier alpha value is -12.2. The smallest absolute Gasteiger partial charge is 0.305 e. The molecule has 664 valence electrons. The number of hydrogen-bond acceptors (Lipinski definition) is 21. The number of fused-ring (bicyclic) bond motifs is 1. The molecule has 1 heterocycles. The Morgan fingerprint density at radius 2 is 0.692 bits per heavy atom. The molecule has 120 heavy (non-hydrogen) atoms. The van der Waals surface area contributed by atoms with Gasteiger partial charge in [-0.1, -0.05) is 104 Å². The molecule has 1 aromatic heterocycles. The minimum Gasteiger partial charge on any atom is -0.481 e. The number of aliphatic hydroxyl groups excluding tert-OH is 1. The van der Waals surface area contributed by atoms with Gasteiger partial charge in [0.2, 0.25) is 88.6 Å². The highest BCUT2D eigenvalue weighted by molar-refractivity contribution is 6.01. The molecular formula is C79H119N17O24. The van der Waals surface area contributed by atoms with E-state index in [2.05, 4.69) is 74.1 Å². The number of rotatable bonds is 56. The number of para-hydroxylation sites is 1. The van der Waals surface area contributed by atoms with Gasteiger partial charge in [0.1, 0.15) is 78.5 Å². The van der Waals surface area contributed by atoms with Gasteiger partial charge in [-0.15, -0.1) is 0 Å². The van der Waals surface area contributed by atoms with Crippen LogP contribution in [0.3, 0.4) is 0 Å². The van der Waals surface area contributed by atoms with Gasteiger partial charge in [-0.3, -0.25) is 91.1 Å². The average Bonchev–Trinajstić information content (AvgIpc) is 1.65. The Labute approximate surface area is 693 Å². The second kappa shape index (κ2) is 51.2. The third-order valence-corrected chi connectivity index (χ3v) is 18.6. The number of nitrogens with one attached hydrogen (secondary N) is 14. The summed E-state index contributed by atoms with van der Waals surface area (Å²) in [5.74, 6) is -23.3. The highest BCUT2D eigenvalue weighted by atomic mass is 16.4. The van der Waals surface area contributed by atoms with Gasteiger partial charge in [0, 0.05) is 56.1 Å². The molecular weight excluding hydrogens is 1570 g/mol. The zero-order chi connectivity index (χ0) is 90.4. The first kappa shape index (κ1) is 102. The molecule has 3 aromatic rings. The van der Waals surface area contributed by atoms with E-state index in [0.717, 1.165) is 13.8 Å². The van der Waals surface area contributed by atoms with Crippen LogP contribution in [-0.2, 0) is 104 Å². The van der Waals surface area contributed by atoms with Crippen LogP contribution in [0.15, 0.2) is 60.8 Å². The molecule has 2 aromatic carbocycles. The van der Waals surface area contributed by atoms with Gasteiger partial charge in [-0.05, 0) is 119 Å². The van der Waals surface area contributed by atoms with Crippen LogP contribution in [0.2, 0.25) is 0 Å². The van der Waals surface area contributed by atoms with Crippen molar-refractivity contribution in [1.29, 1.82) is 0 Å². The van der Waals surface area contributed by atoms with Crippen molar-refractivity contribution in [1.82, 2.24) is 74.1 Å². The van der Waals surface area contributed by atoms with Gasteiger partial charge >= 0.3 is 23.9 Å². The third kappa shape index (κ3) is 37.6. The number of carbonyl (C=O) groups excluding carboxylic acids is 15. The van der Waals surface area contributed by atoms with E-state index in [1.54, 1.807) is 116 Å². The molecule has 0 saturated carbocycles. The minimum absolute atomic E-state index is 0.117. The van der Waals surface area contributed by atoms with Crippen LogP contribution in [0.25, 0.3) is 10.9 Å². The number of primary amides is 2. The molecule has 0 aliphatic rings. The largest absolute Gasteiger partial charge is 0.481 e. The molecule has 25 N–H and O–H groups in total. The van der Waals surface area contributed by atoms with Gasteiger partial charge in [0.05, 0.1) is 18.9 Å². The van der Waals surface area contributed by atoms with Crippen LogP contribution in [0.1, 0.15) is 177 Å². The van der Waals surface area contributed by atoms with E-state index in [0.29, 0.717) is 28.5 Å². The van der Waals surface area contributed by atoms with E-state index in [4.69, 9.17) is 17.2 Å². The van der Waals surface area contributed by atoms with Crippen molar-refractivity contribution in [2.24, 2.45) is 40.9 Å². The predicted octanol–water partition coefficient (Wildman–Crippen LogP) is -2.60. The molecule has 41 nitrogen and oxygen atoms in total. The quantitative estimate of drug-likeness (QED) is 0.0258.